The lowest BCUT2D eigenvalue weighted by molar-refractivity contribution is -0.147. The molecule has 1 heterocycles. The predicted octanol–water partition coefficient (Wildman–Crippen LogP) is 4.86. The maximum atomic E-state index is 13.1. The summed E-state index contributed by atoms with van der Waals surface area (Å²) in [5.41, 5.74) is 2.51. The van der Waals surface area contributed by atoms with Crippen LogP contribution >= 0.6 is 23.4 Å². The van der Waals surface area contributed by atoms with Gasteiger partial charge in [-0.15, -0.1) is 11.8 Å². The number of halogens is 1. The van der Waals surface area contributed by atoms with Gasteiger partial charge in [0, 0.05) is 22.0 Å². The van der Waals surface area contributed by atoms with Gasteiger partial charge in [-0.2, -0.15) is 0 Å². The Morgan fingerprint density at radius 1 is 1.26 bits per heavy atom. The number of nitrogens with zero attached hydrogens (tertiary/aromatic N) is 1. The number of carbonyl (C=O) groups excluding carboxylic acids is 2. The topological polar surface area (TPSA) is 58.6 Å². The minimum Gasteiger partial charge on any atom is -0.464 e. The number of hydrogen-bond acceptors (Lipinski definition) is 4. The molecule has 1 saturated heterocycles. The van der Waals surface area contributed by atoms with Gasteiger partial charge in [-0.25, -0.2) is 9.59 Å². The zero-order chi connectivity index (χ0) is 19.4. The van der Waals surface area contributed by atoms with E-state index in [4.69, 9.17) is 16.3 Å². The minimum absolute atomic E-state index is 0.268. The van der Waals surface area contributed by atoms with Crippen molar-refractivity contribution < 1.29 is 14.3 Å². The lowest BCUT2D eigenvalue weighted by Crippen LogP contribution is -2.45. The number of benzene rings is 2. The maximum absolute atomic E-state index is 13.1. The van der Waals surface area contributed by atoms with E-state index in [1.165, 1.54) is 16.7 Å². The molecule has 0 saturated carbocycles. The van der Waals surface area contributed by atoms with Crippen molar-refractivity contribution in [1.82, 2.24) is 4.90 Å². The van der Waals surface area contributed by atoms with Crippen LogP contribution in [0.25, 0.3) is 0 Å². The van der Waals surface area contributed by atoms with Crippen molar-refractivity contribution in [2.75, 3.05) is 17.7 Å². The van der Waals surface area contributed by atoms with E-state index < -0.39 is 12.0 Å². The Balaban J connectivity index is 1.91. The SMILES string of the molecule is CCOC(=O)C1CSC(c2ccccc2Cl)N1C(=O)Nc1cccc(C)c1. The summed E-state index contributed by atoms with van der Waals surface area (Å²) in [7, 11) is 0. The molecule has 27 heavy (non-hydrogen) atoms. The van der Waals surface area contributed by atoms with Gasteiger partial charge in [-0.1, -0.05) is 41.9 Å². The number of hydrogen-bond donors (Lipinski definition) is 1. The van der Waals surface area contributed by atoms with Crippen LogP contribution in [-0.4, -0.2) is 35.3 Å². The molecule has 1 N–H and O–H groups in total. The first-order valence-electron chi connectivity index (χ1n) is 8.70. The Labute approximate surface area is 168 Å². The van der Waals surface area contributed by atoms with Gasteiger partial charge in [0.25, 0.3) is 0 Å². The first-order chi connectivity index (χ1) is 13.0. The maximum Gasteiger partial charge on any atom is 0.329 e. The van der Waals surface area contributed by atoms with Crippen LogP contribution in [0.5, 0.6) is 0 Å². The average molecular weight is 405 g/mol. The number of rotatable bonds is 4. The van der Waals surface area contributed by atoms with Crippen molar-refractivity contribution in [2.24, 2.45) is 0 Å². The highest BCUT2D eigenvalue weighted by Crippen LogP contribution is 2.44. The van der Waals surface area contributed by atoms with Crippen molar-refractivity contribution >= 4 is 41.1 Å². The molecular weight excluding hydrogens is 384 g/mol. The van der Waals surface area contributed by atoms with Crippen molar-refractivity contribution in [3.8, 4) is 0 Å². The Bertz CT molecular complexity index is 845. The molecule has 2 amide bonds. The standard InChI is InChI=1S/C20H21ClN2O3S/c1-3-26-19(24)17-12-27-18(15-9-4-5-10-16(15)21)23(17)20(25)22-14-8-6-7-13(2)11-14/h4-11,17-18H,3,12H2,1-2H3,(H,22,25). The summed E-state index contributed by atoms with van der Waals surface area (Å²) >= 11 is 7.86. The molecule has 1 aliphatic heterocycles. The fourth-order valence-electron chi connectivity index (χ4n) is 3.00. The second-order valence-corrected chi connectivity index (χ2v) is 7.70. The van der Waals surface area contributed by atoms with Crippen LogP contribution in [0.1, 0.15) is 23.4 Å². The predicted molar refractivity (Wildman–Crippen MR) is 109 cm³/mol. The van der Waals surface area contributed by atoms with Gasteiger partial charge in [-0.3, -0.25) is 4.90 Å². The normalized spacial score (nSPS) is 19.0. The third kappa shape index (κ3) is 4.39. The molecule has 1 aliphatic rings. The fraction of sp³-hybridized carbons (Fsp3) is 0.300. The van der Waals surface area contributed by atoms with E-state index in [0.717, 1.165) is 11.1 Å². The molecule has 0 aliphatic carbocycles. The Hall–Kier alpha value is -2.18. The second kappa shape index (κ2) is 8.67. The monoisotopic (exact) mass is 404 g/mol. The van der Waals surface area contributed by atoms with Crippen LogP contribution in [0.3, 0.4) is 0 Å². The van der Waals surface area contributed by atoms with Crippen LogP contribution in [-0.2, 0) is 9.53 Å². The Kier molecular flexibility index (Phi) is 6.29. The summed E-state index contributed by atoms with van der Waals surface area (Å²) in [4.78, 5) is 27.1. The van der Waals surface area contributed by atoms with E-state index in [1.807, 2.05) is 49.4 Å². The van der Waals surface area contributed by atoms with Gasteiger partial charge in [0.05, 0.1) is 6.61 Å². The van der Waals surface area contributed by atoms with Gasteiger partial charge in [0.1, 0.15) is 11.4 Å². The first-order valence-corrected chi connectivity index (χ1v) is 10.1. The summed E-state index contributed by atoms with van der Waals surface area (Å²) in [6, 6.07) is 13.9. The van der Waals surface area contributed by atoms with Crippen LogP contribution in [0.4, 0.5) is 10.5 Å². The number of ether oxygens (including phenoxy) is 1. The lowest BCUT2D eigenvalue weighted by Gasteiger charge is -2.29. The van der Waals surface area contributed by atoms with Crippen molar-refractivity contribution in [2.45, 2.75) is 25.3 Å². The molecule has 1 fully saturated rings. The Morgan fingerprint density at radius 3 is 2.74 bits per heavy atom. The smallest absolute Gasteiger partial charge is 0.329 e. The third-order valence-corrected chi connectivity index (χ3v) is 5.88. The van der Waals surface area contributed by atoms with Crippen LogP contribution in [0.2, 0.25) is 5.02 Å². The fourth-order valence-corrected chi connectivity index (χ4v) is 4.75. The molecule has 142 valence electrons. The average Bonchev–Trinajstić information content (AvgIpc) is 3.07. The van der Waals surface area contributed by atoms with Gasteiger partial charge in [0.15, 0.2) is 0 Å². The molecule has 2 unspecified atom stereocenters. The molecule has 0 bridgehead atoms. The zero-order valence-electron chi connectivity index (χ0n) is 15.1. The summed E-state index contributed by atoms with van der Waals surface area (Å²) in [6.45, 7) is 3.97. The van der Waals surface area contributed by atoms with E-state index in [2.05, 4.69) is 5.32 Å². The quantitative estimate of drug-likeness (QED) is 0.739. The summed E-state index contributed by atoms with van der Waals surface area (Å²) in [6.07, 6.45) is 0. The molecule has 2 atom stereocenters. The number of carbonyl (C=O) groups is 2. The number of esters is 1. The highest BCUT2D eigenvalue weighted by molar-refractivity contribution is 7.99. The van der Waals surface area contributed by atoms with Crippen LogP contribution < -0.4 is 5.32 Å². The van der Waals surface area contributed by atoms with E-state index in [1.54, 1.807) is 13.0 Å². The molecule has 0 aromatic heterocycles. The van der Waals surface area contributed by atoms with Crippen molar-refractivity contribution in [1.29, 1.82) is 0 Å². The molecule has 2 aromatic carbocycles. The van der Waals surface area contributed by atoms with Gasteiger partial charge in [0.2, 0.25) is 0 Å². The largest absolute Gasteiger partial charge is 0.464 e. The molecule has 0 radical (unpaired) electrons. The van der Waals surface area contributed by atoms with Gasteiger partial charge >= 0.3 is 12.0 Å². The van der Waals surface area contributed by atoms with Crippen LogP contribution in [0.15, 0.2) is 48.5 Å². The summed E-state index contributed by atoms with van der Waals surface area (Å²) in [5.74, 6) is 0.0506. The highest BCUT2D eigenvalue weighted by Gasteiger charge is 2.43. The van der Waals surface area contributed by atoms with Gasteiger partial charge in [-0.05, 0) is 37.6 Å². The lowest BCUT2D eigenvalue weighted by atomic mass is 10.2. The molecule has 3 rings (SSSR count). The molecule has 0 spiro atoms. The number of urea groups is 1. The zero-order valence-corrected chi connectivity index (χ0v) is 16.7. The van der Waals surface area contributed by atoms with E-state index in [-0.39, 0.29) is 18.0 Å². The number of thioether (sulfide) groups is 1. The van der Waals surface area contributed by atoms with Crippen LogP contribution in [0, 0.1) is 6.92 Å². The van der Waals surface area contributed by atoms with Gasteiger partial charge < -0.3 is 10.1 Å². The summed E-state index contributed by atoms with van der Waals surface area (Å²) < 4.78 is 5.18. The number of aryl methyl sites for hydroxylation is 1. The first kappa shape index (κ1) is 19.6. The highest BCUT2D eigenvalue weighted by atomic mass is 35.5. The van der Waals surface area contributed by atoms with E-state index in [0.29, 0.717) is 16.5 Å². The number of nitrogens with one attached hydrogen (secondary N) is 1. The molecule has 7 heteroatoms. The molecule has 5 nitrogen and oxygen atoms in total. The minimum atomic E-state index is -0.666. The van der Waals surface area contributed by atoms with Crippen molar-refractivity contribution in [3.63, 3.8) is 0 Å². The molecule has 2 aromatic rings. The third-order valence-electron chi connectivity index (χ3n) is 4.23. The van der Waals surface area contributed by atoms with Crippen molar-refractivity contribution in [3.05, 3.63) is 64.7 Å². The molecular formula is C20H21ClN2O3S. The number of amides is 2. The number of anilines is 1. The van der Waals surface area contributed by atoms with E-state index in [9.17, 15) is 9.59 Å². The van der Waals surface area contributed by atoms with E-state index >= 15 is 0 Å². The second-order valence-electron chi connectivity index (χ2n) is 6.18. The summed E-state index contributed by atoms with van der Waals surface area (Å²) in [5, 5.41) is 3.09. The Morgan fingerprint density at radius 2 is 2.04 bits per heavy atom.